The summed E-state index contributed by atoms with van der Waals surface area (Å²) in [6, 6.07) is 22.4. The lowest BCUT2D eigenvalue weighted by molar-refractivity contribution is -0.137. The number of carboxylic acid groups (broad SMARTS) is 1. The Morgan fingerprint density at radius 1 is 0.559 bits per heavy atom. The first-order valence-electron chi connectivity index (χ1n) is 19.4. The fourth-order valence-corrected chi connectivity index (χ4v) is 7.03. The number of halogens is 6. The lowest BCUT2D eigenvalue weighted by Gasteiger charge is -2.35. The predicted octanol–water partition coefficient (Wildman–Crippen LogP) is 9.49. The molecule has 0 saturated carbocycles. The molecule has 15 heteroatoms. The van der Waals surface area contributed by atoms with Crippen LogP contribution in [0.2, 0.25) is 20.1 Å². The zero-order valence-electron chi connectivity index (χ0n) is 32.6. The minimum atomic E-state index is -0.876. The van der Waals surface area contributed by atoms with Crippen molar-refractivity contribution in [1.29, 1.82) is 0 Å². The monoisotopic (exact) mass is 890 g/mol. The summed E-state index contributed by atoms with van der Waals surface area (Å²) < 4.78 is 26.0. The van der Waals surface area contributed by atoms with Gasteiger partial charge in [0.15, 0.2) is 11.6 Å². The molecule has 2 fully saturated rings. The summed E-state index contributed by atoms with van der Waals surface area (Å²) >= 11 is 23.6. The van der Waals surface area contributed by atoms with Gasteiger partial charge in [-0.15, -0.1) is 0 Å². The van der Waals surface area contributed by atoms with E-state index in [4.69, 9.17) is 51.5 Å². The molecule has 316 valence electrons. The number of Topliss-reactive ketones (excluding diaryl/α,β-unsaturated/α-hetero) is 2. The van der Waals surface area contributed by atoms with E-state index in [1.807, 2.05) is 4.90 Å². The summed E-state index contributed by atoms with van der Waals surface area (Å²) in [6.45, 7) is 8.27. The number of carboxylic acids is 1. The van der Waals surface area contributed by atoms with Crippen LogP contribution < -0.4 is 5.32 Å². The molecular formula is C44H48Cl4F2N4O5. The van der Waals surface area contributed by atoms with Gasteiger partial charge in [0.1, 0.15) is 11.6 Å². The Morgan fingerprint density at radius 2 is 0.983 bits per heavy atom. The normalized spacial score (nSPS) is 14.4. The summed E-state index contributed by atoms with van der Waals surface area (Å²) in [5.41, 5.74) is 3.08. The first-order valence-corrected chi connectivity index (χ1v) is 20.9. The molecular weight excluding hydrogens is 844 g/mol. The Bertz CT molecular complexity index is 1990. The van der Waals surface area contributed by atoms with Gasteiger partial charge < -0.3 is 15.3 Å². The van der Waals surface area contributed by atoms with Gasteiger partial charge in [0.2, 0.25) is 5.91 Å². The highest BCUT2D eigenvalue weighted by atomic mass is 35.5. The van der Waals surface area contributed by atoms with Crippen molar-refractivity contribution in [2.45, 2.75) is 51.6 Å². The second-order valence-electron chi connectivity index (χ2n) is 14.1. The number of benzene rings is 4. The van der Waals surface area contributed by atoms with Crippen molar-refractivity contribution in [3.8, 4) is 0 Å². The number of nitrogens with zero attached hydrogens (tertiary/aromatic N) is 3. The maximum Gasteiger partial charge on any atom is 0.303 e. The third-order valence-corrected chi connectivity index (χ3v) is 10.9. The van der Waals surface area contributed by atoms with Crippen molar-refractivity contribution in [3.05, 3.63) is 139 Å². The zero-order valence-corrected chi connectivity index (χ0v) is 35.6. The molecule has 0 unspecified atom stereocenters. The second-order valence-corrected chi connectivity index (χ2v) is 15.8. The van der Waals surface area contributed by atoms with Crippen LogP contribution in [0, 0.1) is 11.6 Å². The zero-order chi connectivity index (χ0) is 42.7. The van der Waals surface area contributed by atoms with Gasteiger partial charge in [-0.25, -0.2) is 8.78 Å². The van der Waals surface area contributed by atoms with Gasteiger partial charge in [-0.1, -0.05) is 58.5 Å². The summed E-state index contributed by atoms with van der Waals surface area (Å²) in [5.74, 6) is -1.44. The Labute approximate surface area is 364 Å². The Kier molecular flexibility index (Phi) is 20.2. The average Bonchev–Trinajstić information content (AvgIpc) is 3.21. The van der Waals surface area contributed by atoms with E-state index in [-0.39, 0.29) is 41.9 Å². The molecule has 2 aliphatic rings. The van der Waals surface area contributed by atoms with E-state index in [0.29, 0.717) is 76.5 Å². The number of amides is 1. The fraction of sp³-hybridized carbons (Fsp3) is 0.364. The number of aliphatic carboxylic acids is 1. The Balaban J connectivity index is 0.000000215. The molecule has 59 heavy (non-hydrogen) atoms. The minimum Gasteiger partial charge on any atom is -0.481 e. The van der Waals surface area contributed by atoms with Crippen LogP contribution >= 0.6 is 46.4 Å². The summed E-state index contributed by atoms with van der Waals surface area (Å²) in [5, 5.41) is 13.8. The van der Waals surface area contributed by atoms with Crippen LogP contribution in [0.25, 0.3) is 0 Å². The third-order valence-electron chi connectivity index (χ3n) is 9.67. The first-order chi connectivity index (χ1) is 28.3. The molecule has 6 rings (SSSR count). The van der Waals surface area contributed by atoms with Crippen LogP contribution in [-0.2, 0) is 22.7 Å². The molecule has 0 bridgehead atoms. The average molecular weight is 893 g/mol. The quantitative estimate of drug-likeness (QED) is 0.121. The summed E-state index contributed by atoms with van der Waals surface area (Å²) in [6.07, 6.45) is 1.90. The molecule has 0 spiro atoms. The maximum atomic E-state index is 13.2. The molecule has 1 amide bonds. The van der Waals surface area contributed by atoms with Crippen LogP contribution in [0.5, 0.6) is 0 Å². The van der Waals surface area contributed by atoms with E-state index in [0.717, 1.165) is 56.9 Å². The van der Waals surface area contributed by atoms with Crippen LogP contribution in [0.1, 0.15) is 70.4 Å². The molecule has 9 nitrogen and oxygen atoms in total. The molecule has 2 heterocycles. The van der Waals surface area contributed by atoms with Crippen LogP contribution in [-0.4, -0.2) is 95.6 Å². The summed E-state index contributed by atoms with van der Waals surface area (Å²) in [4.78, 5) is 52.7. The molecule has 2 aliphatic heterocycles. The lowest BCUT2D eigenvalue weighted by atomic mass is 10.1. The molecule has 0 aromatic heterocycles. The molecule has 0 radical (unpaired) electrons. The lowest BCUT2D eigenvalue weighted by Crippen LogP contribution is -2.48. The first kappa shape index (κ1) is 47.7. The number of piperazine rings is 2. The highest BCUT2D eigenvalue weighted by molar-refractivity contribution is 6.32. The largest absolute Gasteiger partial charge is 0.481 e. The molecule has 0 atom stereocenters. The Morgan fingerprint density at radius 3 is 1.41 bits per heavy atom. The van der Waals surface area contributed by atoms with Gasteiger partial charge in [-0.05, 0) is 96.8 Å². The smallest absolute Gasteiger partial charge is 0.303 e. The van der Waals surface area contributed by atoms with E-state index in [1.54, 1.807) is 60.7 Å². The second kappa shape index (κ2) is 25.0. The van der Waals surface area contributed by atoms with E-state index in [2.05, 4.69) is 15.1 Å². The van der Waals surface area contributed by atoms with Crippen LogP contribution in [0.3, 0.4) is 0 Å². The molecule has 4 aromatic carbocycles. The SMILES string of the molecule is Fc1ccc(CN2CCNCC2)c(Cl)c1.O=C(CCCC(=O)N1CCN(Cc2ccc(F)cc2Cl)CC1)c1ccc(Cl)cc1.O=C(O)CCCC(=O)c1ccc(Cl)cc1. The van der Waals surface area contributed by atoms with Crippen LogP contribution in [0.15, 0.2) is 84.9 Å². The number of nitrogens with one attached hydrogen (secondary N) is 1. The van der Waals surface area contributed by atoms with Crippen molar-refractivity contribution in [3.63, 3.8) is 0 Å². The minimum absolute atomic E-state index is 0.0236. The Hall–Kier alpha value is -3.94. The number of ketones is 2. The maximum absolute atomic E-state index is 13.2. The van der Waals surface area contributed by atoms with E-state index >= 15 is 0 Å². The molecule has 0 aliphatic carbocycles. The molecule has 2 saturated heterocycles. The topological polar surface area (TPSA) is 110 Å². The van der Waals surface area contributed by atoms with Crippen molar-refractivity contribution >= 4 is 69.8 Å². The number of carbonyl (C=O) groups excluding carboxylic acids is 3. The van der Waals surface area contributed by atoms with Gasteiger partial charge in [0.05, 0.1) is 0 Å². The van der Waals surface area contributed by atoms with Crippen molar-refractivity contribution in [1.82, 2.24) is 20.0 Å². The van der Waals surface area contributed by atoms with Crippen molar-refractivity contribution in [2.75, 3.05) is 52.4 Å². The van der Waals surface area contributed by atoms with Gasteiger partial charge >= 0.3 is 5.97 Å². The van der Waals surface area contributed by atoms with Gasteiger partial charge in [0.25, 0.3) is 0 Å². The number of hydrogen-bond donors (Lipinski definition) is 2. The predicted molar refractivity (Wildman–Crippen MR) is 230 cm³/mol. The highest BCUT2D eigenvalue weighted by Gasteiger charge is 2.22. The summed E-state index contributed by atoms with van der Waals surface area (Å²) in [7, 11) is 0. The van der Waals surface area contributed by atoms with Crippen LogP contribution in [0.4, 0.5) is 8.78 Å². The highest BCUT2D eigenvalue weighted by Crippen LogP contribution is 2.21. The van der Waals surface area contributed by atoms with Crippen molar-refractivity contribution in [2.24, 2.45) is 0 Å². The van der Waals surface area contributed by atoms with E-state index in [1.165, 1.54) is 24.3 Å². The standard InChI is InChI=1S/C22H23Cl2FN2O2.C11H14ClFN2.C11H11ClO3/c23-18-7-4-16(5-8-18)21(28)2-1-3-22(29)27-12-10-26(11-13-27)15-17-6-9-19(25)14-20(17)24;12-11-7-10(13)2-1-9(11)8-15-5-3-14-4-6-15;12-9-6-4-8(5-7-9)10(13)2-1-3-11(14)15/h4-9,14H,1-3,10-13,15H2;1-2,7,14H,3-6,8H2;4-7H,1-3H2,(H,14,15). The molecule has 4 aromatic rings. The number of carbonyl (C=O) groups is 4. The third kappa shape index (κ3) is 17.3. The van der Waals surface area contributed by atoms with Crippen molar-refractivity contribution < 1.29 is 33.1 Å². The van der Waals surface area contributed by atoms with Gasteiger partial charge in [-0.3, -0.25) is 29.0 Å². The molecule has 2 N–H and O–H groups in total. The number of rotatable bonds is 14. The van der Waals surface area contributed by atoms with E-state index in [9.17, 15) is 28.0 Å². The van der Waals surface area contributed by atoms with E-state index < -0.39 is 5.97 Å². The fourth-order valence-electron chi connectivity index (χ4n) is 6.32. The van der Waals surface area contributed by atoms with Gasteiger partial charge in [0, 0.05) is 122 Å². The number of hydrogen-bond acceptors (Lipinski definition) is 7. The van der Waals surface area contributed by atoms with Gasteiger partial charge in [-0.2, -0.15) is 0 Å².